The number of carbonyl (C=O) groups excluding carboxylic acids is 1. The van der Waals surface area contributed by atoms with Gasteiger partial charge in [0, 0.05) is 31.4 Å². The third-order valence-electron chi connectivity index (χ3n) is 8.24. The molecule has 10 nitrogen and oxygen atoms in total. The Hall–Kier alpha value is -4.70. The number of rotatable bonds is 16. The lowest BCUT2D eigenvalue weighted by atomic mass is 10.0. The Morgan fingerprint density at radius 1 is 0.946 bits per heavy atom. The first-order valence-electron chi connectivity index (χ1n) is 20.6. The van der Waals surface area contributed by atoms with Crippen molar-refractivity contribution in [3.05, 3.63) is 83.8 Å². The monoisotopic (exact) mass is 774 g/mol. The summed E-state index contributed by atoms with van der Waals surface area (Å²) in [6.45, 7) is 27.0. The summed E-state index contributed by atoms with van der Waals surface area (Å²) in [6, 6.07) is 13.6. The van der Waals surface area contributed by atoms with Gasteiger partial charge in [-0.25, -0.2) is 14.5 Å². The number of hydrogen-bond donors (Lipinski definition) is 2. The number of aromatic nitrogens is 3. The van der Waals surface area contributed by atoms with Crippen LogP contribution in [0.4, 0.5) is 11.4 Å². The molecule has 4 N–H and O–H groups in total. The lowest BCUT2D eigenvalue weighted by Gasteiger charge is -2.24. The maximum absolute atomic E-state index is 10.1. The van der Waals surface area contributed by atoms with Crippen LogP contribution in [0.2, 0.25) is 0 Å². The molecule has 0 atom stereocenters. The smallest absolute Gasteiger partial charge is 0.158 e. The molecule has 312 valence electrons. The third-order valence-corrected chi connectivity index (χ3v) is 8.24. The van der Waals surface area contributed by atoms with Crippen molar-refractivity contribution in [1.29, 1.82) is 0 Å². The van der Waals surface area contributed by atoms with E-state index < -0.39 is 0 Å². The summed E-state index contributed by atoms with van der Waals surface area (Å²) in [4.78, 5) is 21.3. The number of amidine groups is 1. The number of fused-ring (bicyclic) bond motifs is 1. The van der Waals surface area contributed by atoms with Crippen LogP contribution in [0, 0.1) is 19.8 Å². The molecule has 0 fully saturated rings. The Morgan fingerprint density at radius 2 is 1.62 bits per heavy atom. The van der Waals surface area contributed by atoms with E-state index in [1.54, 1.807) is 17.5 Å². The zero-order valence-corrected chi connectivity index (χ0v) is 37.1. The zero-order valence-electron chi connectivity index (χ0n) is 37.1. The maximum atomic E-state index is 10.1. The van der Waals surface area contributed by atoms with Gasteiger partial charge in [0.1, 0.15) is 29.4 Å². The minimum atomic E-state index is 0.127. The lowest BCUT2D eigenvalue weighted by molar-refractivity contribution is -0.112. The number of aryl methyl sites for hydroxylation is 2. The quantitative estimate of drug-likeness (QED) is 0.0497. The molecule has 10 heteroatoms. The second-order valence-corrected chi connectivity index (χ2v) is 13.5. The average Bonchev–Trinajstić information content (AvgIpc) is 3.65. The molecule has 0 amide bonds. The van der Waals surface area contributed by atoms with Crippen molar-refractivity contribution in [2.75, 3.05) is 31.6 Å². The van der Waals surface area contributed by atoms with Gasteiger partial charge in [-0.3, -0.25) is 4.79 Å². The van der Waals surface area contributed by atoms with E-state index in [9.17, 15) is 4.79 Å². The molecule has 0 saturated heterocycles. The third kappa shape index (κ3) is 20.3. The van der Waals surface area contributed by atoms with Crippen LogP contribution in [0.25, 0.3) is 5.65 Å². The molecular formula is C46H75N7O3. The second-order valence-electron chi connectivity index (χ2n) is 13.5. The van der Waals surface area contributed by atoms with Gasteiger partial charge >= 0.3 is 0 Å². The summed E-state index contributed by atoms with van der Waals surface area (Å²) in [5.41, 5.74) is 17.1. The summed E-state index contributed by atoms with van der Waals surface area (Å²) in [6.07, 6.45) is 14.9. The second kappa shape index (κ2) is 30.5. The Bertz CT molecular complexity index is 1710. The highest BCUT2D eigenvalue weighted by atomic mass is 16.5. The van der Waals surface area contributed by atoms with Gasteiger partial charge in [-0.05, 0) is 113 Å². The molecule has 0 radical (unpaired) electrons. The number of ether oxygens (including phenoxy) is 2. The number of unbranched alkanes of at least 4 members (excludes halogenated alkanes) is 3. The molecule has 0 aliphatic heterocycles. The number of nitrogens with zero attached hydrogens (tertiary/aromatic N) is 5. The summed E-state index contributed by atoms with van der Waals surface area (Å²) in [5, 5.41) is 4.11. The van der Waals surface area contributed by atoms with Crippen molar-refractivity contribution < 1.29 is 14.3 Å². The highest BCUT2D eigenvalue weighted by Crippen LogP contribution is 2.33. The van der Waals surface area contributed by atoms with Crippen molar-refractivity contribution in [2.45, 2.75) is 128 Å². The molecule has 0 unspecified atom stereocenters. The molecule has 4 aromatic rings. The fourth-order valence-corrected chi connectivity index (χ4v) is 4.73. The van der Waals surface area contributed by atoms with Gasteiger partial charge in [0.15, 0.2) is 11.4 Å². The number of nitrogens with two attached hydrogens (primary N) is 2. The molecule has 0 bridgehead atoms. The molecule has 56 heavy (non-hydrogen) atoms. The first-order chi connectivity index (χ1) is 26.8. The number of ketones is 1. The molecule has 0 aliphatic carbocycles. The Labute approximate surface area is 339 Å². The number of anilines is 1. The Balaban J connectivity index is 0.00000132. The predicted molar refractivity (Wildman–Crippen MR) is 240 cm³/mol. The van der Waals surface area contributed by atoms with Crippen LogP contribution in [0.15, 0.2) is 72.1 Å². The number of carbonyl (C=O) groups is 1. The van der Waals surface area contributed by atoms with Crippen molar-refractivity contribution >= 4 is 28.6 Å². The van der Waals surface area contributed by atoms with E-state index in [4.69, 9.17) is 25.9 Å². The largest absolute Gasteiger partial charge is 0.492 e. The van der Waals surface area contributed by atoms with E-state index in [0.29, 0.717) is 18.2 Å². The van der Waals surface area contributed by atoms with E-state index in [1.807, 2.05) is 84.1 Å². The maximum Gasteiger partial charge on any atom is 0.158 e. The number of aliphatic imine (C=N–C) groups is 1. The summed E-state index contributed by atoms with van der Waals surface area (Å²) in [7, 11) is 2.10. The summed E-state index contributed by atoms with van der Waals surface area (Å²) >= 11 is 0. The van der Waals surface area contributed by atoms with Crippen LogP contribution in [-0.2, 0) is 4.79 Å². The highest BCUT2D eigenvalue weighted by Gasteiger charge is 2.15. The van der Waals surface area contributed by atoms with E-state index in [-0.39, 0.29) is 5.78 Å². The Kier molecular flexibility index (Phi) is 28.0. The molecule has 2 heterocycles. The number of hydrogen-bond acceptors (Lipinski definition) is 8. The van der Waals surface area contributed by atoms with Crippen LogP contribution in [0.3, 0.4) is 0 Å². The first kappa shape index (κ1) is 51.3. The minimum Gasteiger partial charge on any atom is -0.492 e. The first-order valence-corrected chi connectivity index (χ1v) is 20.6. The molecule has 0 spiro atoms. The number of allylic oxidation sites excluding steroid dienone is 2. The van der Waals surface area contributed by atoms with Crippen LogP contribution >= 0.6 is 0 Å². The van der Waals surface area contributed by atoms with Gasteiger partial charge < -0.3 is 25.8 Å². The Morgan fingerprint density at radius 3 is 2.14 bits per heavy atom. The lowest BCUT2D eigenvalue weighted by Crippen LogP contribution is -2.21. The minimum absolute atomic E-state index is 0.127. The van der Waals surface area contributed by atoms with Gasteiger partial charge in [-0.2, -0.15) is 5.10 Å². The van der Waals surface area contributed by atoms with Crippen LogP contribution in [-0.4, -0.2) is 53.0 Å². The van der Waals surface area contributed by atoms with Gasteiger partial charge in [-0.1, -0.05) is 87.1 Å². The fourth-order valence-electron chi connectivity index (χ4n) is 4.73. The number of pyridine rings is 1. The molecular weight excluding hydrogens is 699 g/mol. The average molecular weight is 774 g/mol. The SMILES string of the molecule is CC.CC/C=C/C(C)=O.CCC(C)C.CCCCCN(C)c1cc(C(N)=Nc2ccc(Oc3ccn4ncnc4c3)c(C)c2)c(C)cc1OCC.CCCCN. The topological polar surface area (TPSA) is 133 Å². The van der Waals surface area contributed by atoms with Crippen molar-refractivity contribution in [2.24, 2.45) is 22.4 Å². The number of benzene rings is 2. The molecule has 4 rings (SSSR count). The normalized spacial score (nSPS) is 10.7. The van der Waals surface area contributed by atoms with Crippen molar-refractivity contribution in [1.82, 2.24) is 14.6 Å². The van der Waals surface area contributed by atoms with E-state index in [1.165, 1.54) is 38.4 Å². The van der Waals surface area contributed by atoms with Gasteiger partial charge in [0.05, 0.1) is 18.0 Å². The molecule has 2 aromatic heterocycles. The van der Waals surface area contributed by atoms with Gasteiger partial charge in [0.2, 0.25) is 0 Å². The standard InChI is InChI=1S/C29H36N6O2.C6H10O.C5H12.C4H11N.C2H6/c1-6-8-9-13-34(5)25-18-24(20(3)16-27(25)36-7-2)29(30)33-22-10-11-26(21(4)15-22)37-23-12-14-35-28(17-23)31-19-32-35;1-3-4-5-6(2)7;1-4-5(2)3;1-2-3-4-5;1-2/h10-12,14-19H,6-9,13H2,1-5H3,(H2,30,33);4-5H,3H2,1-2H3;5H,4H2,1-3H3;2-5H2,1H3;1-2H3/b;5-4+;;;. The van der Waals surface area contributed by atoms with E-state index in [2.05, 4.69) is 68.8 Å². The van der Waals surface area contributed by atoms with Crippen LogP contribution in [0.5, 0.6) is 17.2 Å². The molecule has 0 saturated carbocycles. The van der Waals surface area contributed by atoms with Crippen molar-refractivity contribution in [3.63, 3.8) is 0 Å². The van der Waals surface area contributed by atoms with E-state index >= 15 is 0 Å². The fraction of sp³-hybridized carbons (Fsp3) is 0.522. The predicted octanol–water partition coefficient (Wildman–Crippen LogP) is 11.6. The summed E-state index contributed by atoms with van der Waals surface area (Å²) in [5.74, 6) is 3.79. The van der Waals surface area contributed by atoms with E-state index in [0.717, 1.165) is 77.1 Å². The molecule has 0 aliphatic rings. The zero-order chi connectivity index (χ0) is 42.5. The highest BCUT2D eigenvalue weighted by molar-refractivity contribution is 6.01. The van der Waals surface area contributed by atoms with Gasteiger partial charge in [0.25, 0.3) is 0 Å². The molecule has 2 aromatic carbocycles. The van der Waals surface area contributed by atoms with Crippen LogP contribution in [0.1, 0.15) is 131 Å². The summed E-state index contributed by atoms with van der Waals surface area (Å²) < 4.78 is 13.7. The van der Waals surface area contributed by atoms with Crippen LogP contribution < -0.4 is 25.8 Å². The van der Waals surface area contributed by atoms with Crippen molar-refractivity contribution in [3.8, 4) is 17.2 Å². The van der Waals surface area contributed by atoms with Gasteiger partial charge in [-0.15, -0.1) is 0 Å².